The first-order chi connectivity index (χ1) is 2.64. The van der Waals surface area contributed by atoms with Gasteiger partial charge in [-0.2, -0.15) is 0 Å². The molecule has 0 aromatic carbocycles. The van der Waals surface area contributed by atoms with Gasteiger partial charge in [0.05, 0.1) is 0 Å². The summed E-state index contributed by atoms with van der Waals surface area (Å²) in [6.45, 7) is 0. The van der Waals surface area contributed by atoms with Crippen molar-refractivity contribution < 1.29 is 20.1 Å². The minimum atomic E-state index is -2.04. The van der Waals surface area contributed by atoms with E-state index in [0.717, 1.165) is 0 Å². The van der Waals surface area contributed by atoms with E-state index in [1.165, 1.54) is 0 Å². The molecule has 0 fully saturated rings. The fourth-order valence-corrected chi connectivity index (χ4v) is 0. The summed E-state index contributed by atoms with van der Waals surface area (Å²) in [5.74, 6) is 0. The van der Waals surface area contributed by atoms with Crippen LogP contribution in [0, 0.1) is 0 Å². The first kappa shape index (κ1) is 11.1. The fraction of sp³-hybridized carbons (Fsp3) is 0. The van der Waals surface area contributed by atoms with E-state index < -0.39 is 14.0 Å². The Balaban J connectivity index is 0. The smallest absolute Gasteiger partial charge is 0.429 e. The standard InChI is InChI=1S/B2H4O4.Ca/c3-1(4)2(5)6;/h3-6H;. The van der Waals surface area contributed by atoms with Crippen LogP contribution >= 0.6 is 0 Å². The van der Waals surface area contributed by atoms with Gasteiger partial charge in [0.25, 0.3) is 0 Å². The normalized spacial score (nSPS) is 6.86. The maximum Gasteiger partial charge on any atom is 0.482 e. The summed E-state index contributed by atoms with van der Waals surface area (Å²) in [5, 5.41) is 30.7. The second-order valence-electron chi connectivity index (χ2n) is 0.827. The van der Waals surface area contributed by atoms with Gasteiger partial charge in [0, 0.05) is 37.7 Å². The quantitative estimate of drug-likeness (QED) is 0.279. The minimum absolute atomic E-state index is 0. The average Bonchev–Trinajstić information content (AvgIpc) is 1.36. The maximum absolute atomic E-state index is 7.69. The third kappa shape index (κ3) is 7.23. The summed E-state index contributed by atoms with van der Waals surface area (Å²) in [6, 6.07) is 0. The van der Waals surface area contributed by atoms with Gasteiger partial charge in [0.2, 0.25) is 0 Å². The Morgan fingerprint density at radius 2 is 0.857 bits per heavy atom. The molecule has 4 nitrogen and oxygen atoms in total. The topological polar surface area (TPSA) is 80.9 Å². The third-order valence-corrected chi connectivity index (χ3v) is 0.267. The van der Waals surface area contributed by atoms with Crippen LogP contribution in [0.3, 0.4) is 0 Å². The van der Waals surface area contributed by atoms with E-state index in [-0.39, 0.29) is 37.7 Å². The van der Waals surface area contributed by atoms with Crippen LogP contribution in [-0.4, -0.2) is 71.9 Å². The van der Waals surface area contributed by atoms with Gasteiger partial charge >= 0.3 is 14.0 Å². The molecule has 0 rings (SSSR count). The van der Waals surface area contributed by atoms with E-state index in [2.05, 4.69) is 0 Å². The molecule has 0 spiro atoms. The number of hydrogen-bond donors (Lipinski definition) is 4. The summed E-state index contributed by atoms with van der Waals surface area (Å²) in [6.07, 6.45) is 0. The maximum atomic E-state index is 7.69. The zero-order chi connectivity index (χ0) is 5.15. The molecule has 0 aromatic rings. The molecule has 0 atom stereocenters. The SMILES string of the molecule is OB(O)B(O)O.[Ca]. The third-order valence-electron chi connectivity index (χ3n) is 0.267. The van der Waals surface area contributed by atoms with Crippen molar-refractivity contribution in [2.75, 3.05) is 0 Å². The van der Waals surface area contributed by atoms with Gasteiger partial charge in [0.1, 0.15) is 0 Å². The second kappa shape index (κ2) is 5.37. The van der Waals surface area contributed by atoms with Crippen molar-refractivity contribution in [1.82, 2.24) is 0 Å². The summed E-state index contributed by atoms with van der Waals surface area (Å²) < 4.78 is 0. The largest absolute Gasteiger partial charge is 0.482 e. The van der Waals surface area contributed by atoms with Crippen molar-refractivity contribution in [2.24, 2.45) is 0 Å². The molecule has 0 amide bonds. The predicted molar refractivity (Wildman–Crippen MR) is 26.1 cm³/mol. The Kier molecular flexibility index (Phi) is 8.50. The molecule has 0 heterocycles. The zero-order valence-electron chi connectivity index (χ0n) is 3.65. The molecule has 0 saturated heterocycles. The van der Waals surface area contributed by atoms with Gasteiger partial charge < -0.3 is 20.1 Å². The molecule has 36 valence electrons. The Hall–Kier alpha value is 1.23. The number of hydrogen-bond acceptors (Lipinski definition) is 4. The predicted octanol–water partition coefficient (Wildman–Crippen LogP) is -3.37. The van der Waals surface area contributed by atoms with E-state index in [1.807, 2.05) is 0 Å². The van der Waals surface area contributed by atoms with Crippen molar-refractivity contribution in [1.29, 1.82) is 0 Å². The number of rotatable bonds is 1. The van der Waals surface area contributed by atoms with E-state index in [4.69, 9.17) is 20.1 Å². The van der Waals surface area contributed by atoms with Crippen LogP contribution in [0.15, 0.2) is 0 Å². The average molecular weight is 130 g/mol. The summed E-state index contributed by atoms with van der Waals surface area (Å²) in [4.78, 5) is 0. The Morgan fingerprint density at radius 1 is 0.714 bits per heavy atom. The van der Waals surface area contributed by atoms with Crippen LogP contribution in [0.1, 0.15) is 0 Å². The van der Waals surface area contributed by atoms with Crippen molar-refractivity contribution >= 4 is 51.8 Å². The van der Waals surface area contributed by atoms with Crippen LogP contribution in [0.2, 0.25) is 0 Å². The second-order valence-corrected chi connectivity index (χ2v) is 0.827. The van der Waals surface area contributed by atoms with E-state index in [9.17, 15) is 0 Å². The van der Waals surface area contributed by atoms with Gasteiger partial charge in [-0.3, -0.25) is 0 Å². The first-order valence-corrected chi connectivity index (χ1v) is 1.37. The van der Waals surface area contributed by atoms with Crippen LogP contribution in [0.4, 0.5) is 0 Å². The van der Waals surface area contributed by atoms with Crippen molar-refractivity contribution in [3.8, 4) is 0 Å². The Bertz CT molecular complexity index is 30.7. The minimum Gasteiger partial charge on any atom is -0.429 e. The first-order valence-electron chi connectivity index (χ1n) is 1.37. The van der Waals surface area contributed by atoms with Crippen molar-refractivity contribution in [2.45, 2.75) is 0 Å². The summed E-state index contributed by atoms with van der Waals surface area (Å²) in [5.41, 5.74) is 0. The molecule has 2 radical (unpaired) electrons. The van der Waals surface area contributed by atoms with Gasteiger partial charge in [-0.25, -0.2) is 0 Å². The summed E-state index contributed by atoms with van der Waals surface area (Å²) >= 11 is 0. The molecule has 7 heteroatoms. The molecular formula is H4B2CaO4. The van der Waals surface area contributed by atoms with Crippen LogP contribution in [0.5, 0.6) is 0 Å². The summed E-state index contributed by atoms with van der Waals surface area (Å²) in [7, 11) is -4.07. The molecule has 0 bridgehead atoms. The van der Waals surface area contributed by atoms with Gasteiger partial charge in [-0.1, -0.05) is 0 Å². The van der Waals surface area contributed by atoms with Crippen LogP contribution in [-0.2, 0) is 0 Å². The molecule has 0 aromatic heterocycles. The fourth-order valence-electron chi connectivity index (χ4n) is 0. The molecule has 0 unspecified atom stereocenters. The molecule has 0 saturated carbocycles. The molecule has 0 aliphatic rings. The van der Waals surface area contributed by atoms with Crippen molar-refractivity contribution in [3.05, 3.63) is 0 Å². The Labute approximate surface area is 71.4 Å². The van der Waals surface area contributed by atoms with Crippen molar-refractivity contribution in [3.63, 3.8) is 0 Å². The van der Waals surface area contributed by atoms with E-state index in [0.29, 0.717) is 0 Å². The van der Waals surface area contributed by atoms with Crippen LogP contribution in [0.25, 0.3) is 0 Å². The molecule has 0 aliphatic carbocycles. The molecule has 7 heavy (non-hydrogen) atoms. The van der Waals surface area contributed by atoms with Gasteiger partial charge in [0.15, 0.2) is 0 Å². The molecule has 4 N–H and O–H groups in total. The van der Waals surface area contributed by atoms with Crippen LogP contribution < -0.4 is 0 Å². The van der Waals surface area contributed by atoms with E-state index in [1.54, 1.807) is 0 Å². The van der Waals surface area contributed by atoms with Gasteiger partial charge in [-0.05, 0) is 0 Å². The van der Waals surface area contributed by atoms with Gasteiger partial charge in [-0.15, -0.1) is 0 Å². The monoisotopic (exact) mass is 130 g/mol. The zero-order valence-corrected chi connectivity index (χ0v) is 5.86. The van der Waals surface area contributed by atoms with E-state index >= 15 is 0 Å². The Morgan fingerprint density at radius 3 is 0.857 bits per heavy atom. The molecule has 0 aliphatic heterocycles. The molecular weight excluding hydrogens is 126 g/mol.